The second-order valence-electron chi connectivity index (χ2n) is 7.24. The smallest absolute Gasteiger partial charge is 0.246 e. The van der Waals surface area contributed by atoms with Gasteiger partial charge in [-0.2, -0.15) is 13.7 Å². The minimum absolute atomic E-state index is 0.0639. The topological polar surface area (TPSA) is 111 Å². The Balaban J connectivity index is 1.53. The molecule has 12 heteroatoms. The quantitative estimate of drug-likeness (QED) is 0.659. The van der Waals surface area contributed by atoms with Crippen molar-refractivity contribution in [2.24, 2.45) is 7.05 Å². The molecule has 1 aromatic heterocycles. The van der Waals surface area contributed by atoms with E-state index < -0.39 is 20.0 Å². The molecule has 0 aliphatic carbocycles. The van der Waals surface area contributed by atoms with Crippen LogP contribution in [-0.4, -0.2) is 74.6 Å². The Morgan fingerprint density at radius 3 is 2.00 bits per heavy atom. The van der Waals surface area contributed by atoms with Crippen LogP contribution < -0.4 is 9.47 Å². The van der Waals surface area contributed by atoms with Crippen molar-refractivity contribution in [3.05, 3.63) is 29.6 Å². The van der Waals surface area contributed by atoms with Crippen molar-refractivity contribution in [3.63, 3.8) is 0 Å². The number of sulfonamides is 2. The number of fused-ring (bicyclic) bond motifs is 1. The summed E-state index contributed by atoms with van der Waals surface area (Å²) in [5.41, 5.74) is 0.986. The van der Waals surface area contributed by atoms with Crippen LogP contribution in [0.15, 0.2) is 28.0 Å². The van der Waals surface area contributed by atoms with Crippen LogP contribution in [0.3, 0.4) is 0 Å². The Bertz CT molecular complexity index is 1180. The van der Waals surface area contributed by atoms with Gasteiger partial charge in [0, 0.05) is 39.3 Å². The standard InChI is InChI=1S/C18H24N4O6S2/c1-13-18(14(2)20(3)19-13)30(25,26)22-8-6-21(7-9-22)29(23,24)15-4-5-16-17(12-15)28-11-10-27-16/h4-5,12H,6-11H2,1-3H3. The highest BCUT2D eigenvalue weighted by molar-refractivity contribution is 7.89. The lowest BCUT2D eigenvalue weighted by atomic mass is 10.3. The fourth-order valence-electron chi connectivity index (χ4n) is 3.74. The molecule has 1 fully saturated rings. The third kappa shape index (κ3) is 3.47. The fraction of sp³-hybridized carbons (Fsp3) is 0.500. The number of hydrogen-bond acceptors (Lipinski definition) is 7. The van der Waals surface area contributed by atoms with E-state index >= 15 is 0 Å². The van der Waals surface area contributed by atoms with E-state index in [1.54, 1.807) is 27.0 Å². The van der Waals surface area contributed by atoms with Crippen molar-refractivity contribution in [1.29, 1.82) is 0 Å². The summed E-state index contributed by atoms with van der Waals surface area (Å²) in [5, 5.41) is 4.18. The molecule has 164 valence electrons. The molecule has 2 aliphatic rings. The number of piperazine rings is 1. The number of nitrogens with zero attached hydrogens (tertiary/aromatic N) is 4. The first-order chi connectivity index (χ1) is 14.1. The summed E-state index contributed by atoms with van der Waals surface area (Å²) in [6.07, 6.45) is 0. The van der Waals surface area contributed by atoms with Crippen LogP contribution >= 0.6 is 0 Å². The highest BCUT2D eigenvalue weighted by Crippen LogP contribution is 2.33. The number of aryl methyl sites for hydroxylation is 2. The van der Waals surface area contributed by atoms with Crippen LogP contribution in [0, 0.1) is 13.8 Å². The van der Waals surface area contributed by atoms with Gasteiger partial charge in [-0.05, 0) is 26.0 Å². The lowest BCUT2D eigenvalue weighted by Gasteiger charge is -2.33. The number of benzene rings is 1. The summed E-state index contributed by atoms with van der Waals surface area (Å²) in [4.78, 5) is 0.287. The van der Waals surface area contributed by atoms with Crippen molar-refractivity contribution >= 4 is 20.0 Å². The summed E-state index contributed by atoms with van der Waals surface area (Å²) < 4.78 is 67.4. The van der Waals surface area contributed by atoms with E-state index in [0.29, 0.717) is 36.1 Å². The predicted octanol–water partition coefficient (Wildman–Crippen LogP) is 0.503. The van der Waals surface area contributed by atoms with Gasteiger partial charge in [-0.3, -0.25) is 4.68 Å². The van der Waals surface area contributed by atoms with Crippen molar-refractivity contribution < 1.29 is 26.3 Å². The van der Waals surface area contributed by atoms with Gasteiger partial charge in [-0.1, -0.05) is 0 Å². The highest BCUT2D eigenvalue weighted by atomic mass is 32.2. The van der Waals surface area contributed by atoms with E-state index in [2.05, 4.69) is 5.10 Å². The molecule has 0 amide bonds. The molecule has 4 rings (SSSR count). The molecule has 1 aromatic carbocycles. The van der Waals surface area contributed by atoms with E-state index in [1.807, 2.05) is 0 Å². The molecule has 0 N–H and O–H groups in total. The predicted molar refractivity (Wildman–Crippen MR) is 108 cm³/mol. The Labute approximate surface area is 176 Å². The maximum Gasteiger partial charge on any atom is 0.246 e. The maximum absolute atomic E-state index is 13.1. The number of aromatic nitrogens is 2. The summed E-state index contributed by atoms with van der Waals surface area (Å²) in [5.74, 6) is 0.907. The van der Waals surface area contributed by atoms with Crippen LogP contribution in [-0.2, 0) is 27.1 Å². The van der Waals surface area contributed by atoms with Crippen molar-refractivity contribution in [3.8, 4) is 11.5 Å². The lowest BCUT2D eigenvalue weighted by molar-refractivity contribution is 0.171. The Morgan fingerprint density at radius 1 is 0.867 bits per heavy atom. The summed E-state index contributed by atoms with van der Waals surface area (Å²) in [6, 6.07) is 4.51. The van der Waals surface area contributed by atoms with Crippen molar-refractivity contribution in [1.82, 2.24) is 18.4 Å². The monoisotopic (exact) mass is 456 g/mol. The molecule has 2 aliphatic heterocycles. The van der Waals surface area contributed by atoms with E-state index in [-0.39, 0.29) is 36.0 Å². The number of ether oxygens (including phenoxy) is 2. The normalized spacial score (nSPS) is 18.5. The van der Waals surface area contributed by atoms with Crippen molar-refractivity contribution in [2.45, 2.75) is 23.6 Å². The Hall–Kier alpha value is -2.15. The fourth-order valence-corrected chi connectivity index (χ4v) is 7.00. The first kappa shape index (κ1) is 21.1. The zero-order valence-corrected chi connectivity index (χ0v) is 18.7. The zero-order valence-electron chi connectivity index (χ0n) is 17.0. The zero-order chi connectivity index (χ0) is 21.7. The molecule has 3 heterocycles. The van der Waals surface area contributed by atoms with Gasteiger partial charge in [-0.15, -0.1) is 0 Å². The minimum atomic E-state index is -3.78. The van der Waals surface area contributed by atoms with Gasteiger partial charge < -0.3 is 9.47 Å². The molecule has 10 nitrogen and oxygen atoms in total. The third-order valence-corrected chi connectivity index (χ3v) is 9.44. The van der Waals surface area contributed by atoms with Gasteiger partial charge >= 0.3 is 0 Å². The molecule has 0 atom stereocenters. The molecule has 2 aromatic rings. The van der Waals surface area contributed by atoms with Gasteiger partial charge in [-0.25, -0.2) is 16.8 Å². The molecule has 0 bridgehead atoms. The molecule has 0 radical (unpaired) electrons. The molecule has 0 spiro atoms. The Morgan fingerprint density at radius 2 is 1.43 bits per heavy atom. The molecule has 0 saturated carbocycles. The average Bonchev–Trinajstić information content (AvgIpc) is 2.99. The average molecular weight is 457 g/mol. The van der Waals surface area contributed by atoms with Crippen LogP contribution in [0.5, 0.6) is 11.5 Å². The SMILES string of the molecule is Cc1nn(C)c(C)c1S(=O)(=O)N1CCN(S(=O)(=O)c2ccc3c(c2)OCCO3)CC1. The second kappa shape index (κ2) is 7.52. The lowest BCUT2D eigenvalue weighted by Crippen LogP contribution is -2.50. The van der Waals surface area contributed by atoms with Crippen molar-refractivity contribution in [2.75, 3.05) is 39.4 Å². The molecular formula is C18H24N4O6S2. The van der Waals surface area contributed by atoms with Crippen LogP contribution in [0.2, 0.25) is 0 Å². The van der Waals surface area contributed by atoms with Crippen LogP contribution in [0.1, 0.15) is 11.4 Å². The molecule has 0 unspecified atom stereocenters. The molecule has 30 heavy (non-hydrogen) atoms. The molecule has 1 saturated heterocycles. The first-order valence-electron chi connectivity index (χ1n) is 9.52. The summed E-state index contributed by atoms with van der Waals surface area (Å²) in [6.45, 7) is 4.41. The Kier molecular flexibility index (Phi) is 5.29. The van der Waals surface area contributed by atoms with E-state index in [0.717, 1.165) is 0 Å². The largest absolute Gasteiger partial charge is 0.486 e. The first-order valence-corrected chi connectivity index (χ1v) is 12.4. The van der Waals surface area contributed by atoms with Gasteiger partial charge in [0.25, 0.3) is 0 Å². The minimum Gasteiger partial charge on any atom is -0.486 e. The van der Waals surface area contributed by atoms with E-state index in [1.165, 1.54) is 25.4 Å². The van der Waals surface area contributed by atoms with Gasteiger partial charge in [0.05, 0.1) is 16.3 Å². The van der Waals surface area contributed by atoms with Gasteiger partial charge in [0.2, 0.25) is 20.0 Å². The maximum atomic E-state index is 13.1. The third-order valence-electron chi connectivity index (χ3n) is 5.39. The van der Waals surface area contributed by atoms with Crippen LogP contribution in [0.4, 0.5) is 0 Å². The van der Waals surface area contributed by atoms with Gasteiger partial charge in [0.1, 0.15) is 18.1 Å². The van der Waals surface area contributed by atoms with Gasteiger partial charge in [0.15, 0.2) is 11.5 Å². The molecular weight excluding hydrogens is 432 g/mol. The second-order valence-corrected chi connectivity index (χ2v) is 11.0. The van der Waals surface area contributed by atoms with Crippen LogP contribution in [0.25, 0.3) is 0 Å². The number of rotatable bonds is 4. The summed E-state index contributed by atoms with van der Waals surface area (Å²) in [7, 11) is -5.84. The van der Waals surface area contributed by atoms with E-state index in [9.17, 15) is 16.8 Å². The summed E-state index contributed by atoms with van der Waals surface area (Å²) >= 11 is 0. The number of hydrogen-bond donors (Lipinski definition) is 0. The highest BCUT2D eigenvalue weighted by Gasteiger charge is 2.36. The van der Waals surface area contributed by atoms with E-state index in [4.69, 9.17) is 9.47 Å².